The number of rotatable bonds is 8. The highest BCUT2D eigenvalue weighted by Gasteiger charge is 2.36. The van der Waals surface area contributed by atoms with E-state index in [-0.39, 0.29) is 11.8 Å². The number of anilines is 2. The molecule has 142 valence electrons. The Morgan fingerprint density at radius 2 is 1.81 bits per heavy atom. The van der Waals surface area contributed by atoms with E-state index in [0.717, 1.165) is 31.9 Å². The van der Waals surface area contributed by atoms with Crippen LogP contribution in [0.25, 0.3) is 0 Å². The van der Waals surface area contributed by atoms with Crippen molar-refractivity contribution in [3.05, 3.63) is 41.0 Å². The van der Waals surface area contributed by atoms with Gasteiger partial charge in [-0.2, -0.15) is 18.2 Å². The molecule has 0 atom stereocenters. The predicted molar refractivity (Wildman–Crippen MR) is 96.2 cm³/mol. The van der Waals surface area contributed by atoms with Crippen molar-refractivity contribution < 1.29 is 17.9 Å². The molecule has 0 amide bonds. The number of hydrogen-bond donors (Lipinski definition) is 0. The maximum absolute atomic E-state index is 13.3. The van der Waals surface area contributed by atoms with Crippen LogP contribution in [0.15, 0.2) is 30.5 Å². The van der Waals surface area contributed by atoms with Gasteiger partial charge in [0.15, 0.2) is 5.82 Å². The fourth-order valence-electron chi connectivity index (χ4n) is 2.36. The highest BCUT2D eigenvalue weighted by atomic mass is 35.5. The van der Waals surface area contributed by atoms with Gasteiger partial charge in [-0.05, 0) is 30.7 Å². The third-order valence-corrected chi connectivity index (χ3v) is 4.06. The Labute approximate surface area is 156 Å². The zero-order chi connectivity index (χ0) is 19.2. The number of alkyl halides is 3. The minimum atomic E-state index is -4.57. The fourth-order valence-corrected chi connectivity index (χ4v) is 2.49. The Morgan fingerprint density at radius 1 is 1.12 bits per heavy atom. The maximum Gasteiger partial charge on any atom is 0.421 e. The van der Waals surface area contributed by atoms with E-state index in [0.29, 0.717) is 17.3 Å². The minimum Gasteiger partial charge on any atom is -0.463 e. The summed E-state index contributed by atoms with van der Waals surface area (Å²) in [5.41, 5.74) is -0.402. The van der Waals surface area contributed by atoms with E-state index in [1.165, 1.54) is 11.9 Å². The lowest BCUT2D eigenvalue weighted by Gasteiger charge is -2.22. The highest BCUT2D eigenvalue weighted by Crippen LogP contribution is 2.37. The number of benzene rings is 1. The van der Waals surface area contributed by atoms with Crippen LogP contribution in [0.2, 0.25) is 5.02 Å². The van der Waals surface area contributed by atoms with Crippen molar-refractivity contribution in [2.24, 2.45) is 0 Å². The van der Waals surface area contributed by atoms with E-state index >= 15 is 0 Å². The maximum atomic E-state index is 13.3. The van der Waals surface area contributed by atoms with Crippen molar-refractivity contribution in [3.63, 3.8) is 0 Å². The van der Waals surface area contributed by atoms with Gasteiger partial charge in [0, 0.05) is 24.0 Å². The van der Waals surface area contributed by atoms with Gasteiger partial charge in [-0.3, -0.25) is 0 Å². The van der Waals surface area contributed by atoms with Crippen molar-refractivity contribution in [1.82, 2.24) is 9.97 Å². The molecule has 0 saturated carbocycles. The molecule has 0 aliphatic carbocycles. The second-order valence-corrected chi connectivity index (χ2v) is 6.27. The van der Waals surface area contributed by atoms with Gasteiger partial charge < -0.3 is 9.64 Å². The van der Waals surface area contributed by atoms with Gasteiger partial charge in [-0.1, -0.05) is 37.8 Å². The van der Waals surface area contributed by atoms with E-state index < -0.39 is 11.7 Å². The third-order valence-electron chi connectivity index (χ3n) is 3.81. The standard InChI is InChI=1S/C18H21ClF3N3O/c1-3-4-5-6-11-26-17-23-12-15(18(20,21)22)16(24-17)25(2)14-9-7-13(19)8-10-14/h7-10,12H,3-6,11H2,1-2H3. The second kappa shape index (κ2) is 9.07. The summed E-state index contributed by atoms with van der Waals surface area (Å²) in [7, 11) is 1.51. The number of nitrogens with zero attached hydrogens (tertiary/aromatic N) is 3. The molecule has 0 aliphatic heterocycles. The normalized spacial score (nSPS) is 11.5. The quantitative estimate of drug-likeness (QED) is 0.530. The third kappa shape index (κ3) is 5.49. The van der Waals surface area contributed by atoms with Crippen molar-refractivity contribution in [1.29, 1.82) is 0 Å². The summed E-state index contributed by atoms with van der Waals surface area (Å²) in [5, 5.41) is 0.497. The van der Waals surface area contributed by atoms with E-state index in [1.54, 1.807) is 24.3 Å². The Bertz CT molecular complexity index is 708. The summed E-state index contributed by atoms with van der Waals surface area (Å²) in [6.07, 6.45) is 0.162. The summed E-state index contributed by atoms with van der Waals surface area (Å²) < 4.78 is 45.5. The van der Waals surface area contributed by atoms with Gasteiger partial charge in [0.2, 0.25) is 0 Å². The van der Waals surface area contributed by atoms with Crippen LogP contribution in [-0.4, -0.2) is 23.6 Å². The van der Waals surface area contributed by atoms with E-state index in [4.69, 9.17) is 16.3 Å². The van der Waals surface area contributed by atoms with Crippen molar-refractivity contribution >= 4 is 23.1 Å². The predicted octanol–water partition coefficient (Wildman–Crippen LogP) is 5.88. The van der Waals surface area contributed by atoms with Crippen LogP contribution in [0.4, 0.5) is 24.7 Å². The molecule has 0 spiro atoms. The SMILES string of the molecule is CCCCCCOc1ncc(C(F)(F)F)c(N(C)c2ccc(Cl)cc2)n1. The Balaban J connectivity index is 2.25. The second-order valence-electron chi connectivity index (χ2n) is 5.83. The lowest BCUT2D eigenvalue weighted by Crippen LogP contribution is -2.19. The van der Waals surface area contributed by atoms with Crippen LogP contribution < -0.4 is 9.64 Å². The largest absolute Gasteiger partial charge is 0.463 e. The molecule has 2 aromatic rings. The van der Waals surface area contributed by atoms with E-state index in [2.05, 4.69) is 16.9 Å². The number of aromatic nitrogens is 2. The van der Waals surface area contributed by atoms with Gasteiger partial charge in [0.25, 0.3) is 0 Å². The molecule has 4 nitrogen and oxygen atoms in total. The number of halogens is 4. The Kier molecular flexibility index (Phi) is 7.08. The van der Waals surface area contributed by atoms with Crippen molar-refractivity contribution in [2.75, 3.05) is 18.6 Å². The summed E-state index contributed by atoms with van der Waals surface area (Å²) in [6, 6.07) is 6.39. The van der Waals surface area contributed by atoms with Crippen LogP contribution in [0, 0.1) is 0 Å². The molecular formula is C18H21ClF3N3O. The zero-order valence-corrected chi connectivity index (χ0v) is 15.4. The van der Waals surface area contributed by atoms with Crippen LogP contribution in [0.3, 0.4) is 0 Å². The lowest BCUT2D eigenvalue weighted by atomic mass is 10.2. The van der Waals surface area contributed by atoms with Crippen LogP contribution in [0.1, 0.15) is 38.2 Å². The topological polar surface area (TPSA) is 38.2 Å². The van der Waals surface area contributed by atoms with Crippen LogP contribution >= 0.6 is 11.6 Å². The first-order chi connectivity index (χ1) is 12.3. The molecule has 0 bridgehead atoms. The average Bonchev–Trinajstić information content (AvgIpc) is 2.60. The molecule has 1 aromatic heterocycles. The highest BCUT2D eigenvalue weighted by molar-refractivity contribution is 6.30. The van der Waals surface area contributed by atoms with Gasteiger partial charge in [-0.15, -0.1) is 0 Å². The molecule has 0 radical (unpaired) electrons. The molecule has 2 rings (SSSR count). The number of unbranched alkanes of at least 4 members (excludes halogenated alkanes) is 3. The van der Waals surface area contributed by atoms with E-state index in [9.17, 15) is 13.2 Å². The fraction of sp³-hybridized carbons (Fsp3) is 0.444. The summed E-state index contributed by atoms with van der Waals surface area (Å²) in [5.74, 6) is -0.265. The molecule has 8 heteroatoms. The molecule has 26 heavy (non-hydrogen) atoms. The summed E-state index contributed by atoms with van der Waals surface area (Å²) in [6.45, 7) is 2.47. The molecule has 1 heterocycles. The molecule has 1 aromatic carbocycles. The lowest BCUT2D eigenvalue weighted by molar-refractivity contribution is -0.137. The molecule has 0 unspecified atom stereocenters. The van der Waals surface area contributed by atoms with Crippen molar-refractivity contribution in [2.45, 2.75) is 38.8 Å². The number of hydrogen-bond acceptors (Lipinski definition) is 4. The monoisotopic (exact) mass is 387 g/mol. The molecule has 0 saturated heterocycles. The van der Waals surface area contributed by atoms with Gasteiger partial charge in [0.1, 0.15) is 5.56 Å². The molecular weight excluding hydrogens is 367 g/mol. The average molecular weight is 388 g/mol. The Hall–Kier alpha value is -2.02. The summed E-state index contributed by atoms with van der Waals surface area (Å²) in [4.78, 5) is 9.05. The Morgan fingerprint density at radius 3 is 2.42 bits per heavy atom. The number of ether oxygens (including phenoxy) is 1. The first kappa shape index (κ1) is 20.3. The first-order valence-electron chi connectivity index (χ1n) is 8.39. The molecule has 0 N–H and O–H groups in total. The zero-order valence-electron chi connectivity index (χ0n) is 14.7. The van der Waals surface area contributed by atoms with Gasteiger partial charge in [-0.25, -0.2) is 4.98 Å². The van der Waals surface area contributed by atoms with Crippen LogP contribution in [-0.2, 0) is 6.18 Å². The van der Waals surface area contributed by atoms with Gasteiger partial charge in [0.05, 0.1) is 6.61 Å². The van der Waals surface area contributed by atoms with Gasteiger partial charge >= 0.3 is 12.2 Å². The van der Waals surface area contributed by atoms with E-state index in [1.807, 2.05) is 0 Å². The first-order valence-corrected chi connectivity index (χ1v) is 8.77. The molecule has 0 aliphatic rings. The smallest absolute Gasteiger partial charge is 0.421 e. The minimum absolute atomic E-state index is 0.0645. The molecule has 0 fully saturated rings. The van der Waals surface area contributed by atoms with Crippen molar-refractivity contribution in [3.8, 4) is 6.01 Å². The van der Waals surface area contributed by atoms with Crippen LogP contribution in [0.5, 0.6) is 6.01 Å². The summed E-state index contributed by atoms with van der Waals surface area (Å²) >= 11 is 5.84.